The van der Waals surface area contributed by atoms with E-state index in [1.807, 2.05) is 17.0 Å². The number of hydrogen-bond donors (Lipinski definition) is 0. The molecule has 2 aromatic rings. The second-order valence-electron chi connectivity index (χ2n) is 9.17. The smallest absolute Gasteiger partial charge is 0.260 e. The van der Waals surface area contributed by atoms with E-state index in [2.05, 4.69) is 12.1 Å². The Kier molecular flexibility index (Phi) is 5.56. The fraction of sp³-hybridized carbons (Fsp3) is 0.423. The second-order valence-corrected chi connectivity index (χ2v) is 9.17. The maximum Gasteiger partial charge on any atom is 0.260 e. The molecule has 0 N–H and O–H groups in total. The highest BCUT2D eigenvalue weighted by atomic mass is 16.5. The van der Waals surface area contributed by atoms with Gasteiger partial charge in [-0.05, 0) is 29.7 Å². The summed E-state index contributed by atoms with van der Waals surface area (Å²) in [6, 6.07) is 13.3. The number of ketones is 1. The first kappa shape index (κ1) is 21.5. The predicted molar refractivity (Wildman–Crippen MR) is 121 cm³/mol. The Morgan fingerprint density at radius 1 is 1.03 bits per heavy atom. The zero-order chi connectivity index (χ0) is 23.0. The highest BCUT2D eigenvalue weighted by Gasteiger charge is 2.43. The number of fused-ring (bicyclic) bond motifs is 2. The minimum absolute atomic E-state index is 0.0436. The standard InChI is InChI=1S/C26H28N2O5/c1-18(29)27-12-9-26(10-13-27)15-23(30)22-7-6-21(14-24(22)33-26)32-17-25(31)28-11-8-19-4-2-3-5-20(19)16-28/h2-7,14H,8-13,15-17H2,1H3. The van der Waals surface area contributed by atoms with Crippen LogP contribution in [0.25, 0.3) is 0 Å². The van der Waals surface area contributed by atoms with Crippen LogP contribution in [-0.4, -0.2) is 59.2 Å². The van der Waals surface area contributed by atoms with Gasteiger partial charge in [0.05, 0.1) is 12.0 Å². The number of carbonyl (C=O) groups excluding carboxylic acids is 3. The van der Waals surface area contributed by atoms with Crippen LogP contribution in [0.5, 0.6) is 11.5 Å². The van der Waals surface area contributed by atoms with Crippen LogP contribution in [0.15, 0.2) is 42.5 Å². The highest BCUT2D eigenvalue weighted by Crippen LogP contribution is 2.40. The Morgan fingerprint density at radius 3 is 2.55 bits per heavy atom. The number of piperidine rings is 1. The molecule has 1 saturated heterocycles. The van der Waals surface area contributed by atoms with E-state index in [-0.39, 0.29) is 24.2 Å². The van der Waals surface area contributed by atoms with Gasteiger partial charge in [-0.2, -0.15) is 0 Å². The van der Waals surface area contributed by atoms with E-state index in [1.54, 1.807) is 30.0 Å². The third-order valence-electron chi connectivity index (χ3n) is 7.03. The molecule has 3 heterocycles. The number of carbonyl (C=O) groups is 3. The summed E-state index contributed by atoms with van der Waals surface area (Å²) in [5.74, 6) is 1.03. The maximum atomic E-state index is 12.8. The Hall–Kier alpha value is -3.35. The van der Waals surface area contributed by atoms with Gasteiger partial charge >= 0.3 is 0 Å². The molecule has 3 aliphatic rings. The number of likely N-dealkylation sites (tertiary alicyclic amines) is 1. The van der Waals surface area contributed by atoms with Crippen molar-refractivity contribution in [2.24, 2.45) is 0 Å². The normalized spacial score (nSPS) is 18.9. The lowest BCUT2D eigenvalue weighted by Crippen LogP contribution is -2.51. The van der Waals surface area contributed by atoms with Gasteiger partial charge in [-0.15, -0.1) is 0 Å². The third kappa shape index (κ3) is 4.32. The van der Waals surface area contributed by atoms with Gasteiger partial charge in [0, 0.05) is 52.0 Å². The minimum atomic E-state index is -0.578. The molecule has 7 heteroatoms. The van der Waals surface area contributed by atoms with E-state index in [0.29, 0.717) is 62.5 Å². The monoisotopic (exact) mass is 448 g/mol. The van der Waals surface area contributed by atoms with Crippen molar-refractivity contribution in [1.82, 2.24) is 9.80 Å². The third-order valence-corrected chi connectivity index (χ3v) is 7.03. The lowest BCUT2D eigenvalue weighted by molar-refractivity contribution is -0.134. The van der Waals surface area contributed by atoms with Crippen LogP contribution in [0.4, 0.5) is 0 Å². The van der Waals surface area contributed by atoms with E-state index < -0.39 is 5.60 Å². The molecule has 3 aliphatic heterocycles. The summed E-state index contributed by atoms with van der Waals surface area (Å²) < 4.78 is 12.1. The van der Waals surface area contributed by atoms with E-state index >= 15 is 0 Å². The molecule has 0 atom stereocenters. The second kappa shape index (κ2) is 8.54. The summed E-state index contributed by atoms with van der Waals surface area (Å²) in [5.41, 5.74) is 2.44. The van der Waals surface area contributed by atoms with Gasteiger partial charge in [0.2, 0.25) is 5.91 Å². The van der Waals surface area contributed by atoms with Crippen molar-refractivity contribution in [2.75, 3.05) is 26.2 Å². The zero-order valence-electron chi connectivity index (χ0n) is 18.8. The zero-order valence-corrected chi connectivity index (χ0v) is 18.8. The van der Waals surface area contributed by atoms with Crippen LogP contribution in [-0.2, 0) is 22.6 Å². The molecule has 0 aromatic heterocycles. The molecule has 0 unspecified atom stereocenters. The van der Waals surface area contributed by atoms with Crippen molar-refractivity contribution in [3.8, 4) is 11.5 Å². The Morgan fingerprint density at radius 2 is 1.79 bits per heavy atom. The fourth-order valence-electron chi connectivity index (χ4n) is 5.02. The van der Waals surface area contributed by atoms with Crippen LogP contribution < -0.4 is 9.47 Å². The lowest BCUT2D eigenvalue weighted by Gasteiger charge is -2.43. The quantitative estimate of drug-likeness (QED) is 0.722. The average Bonchev–Trinajstić information content (AvgIpc) is 2.82. The molecule has 2 amide bonds. The fourth-order valence-corrected chi connectivity index (χ4v) is 5.02. The minimum Gasteiger partial charge on any atom is -0.486 e. The van der Waals surface area contributed by atoms with Gasteiger partial charge in [0.1, 0.15) is 17.1 Å². The van der Waals surface area contributed by atoms with Crippen molar-refractivity contribution in [3.05, 3.63) is 59.2 Å². The molecular weight excluding hydrogens is 420 g/mol. The van der Waals surface area contributed by atoms with Crippen LogP contribution in [0, 0.1) is 0 Å². The van der Waals surface area contributed by atoms with Gasteiger partial charge < -0.3 is 19.3 Å². The summed E-state index contributed by atoms with van der Waals surface area (Å²) in [6.45, 7) is 3.95. The van der Waals surface area contributed by atoms with Crippen LogP contribution >= 0.6 is 0 Å². The molecule has 2 aromatic carbocycles. The van der Waals surface area contributed by atoms with Crippen molar-refractivity contribution >= 4 is 17.6 Å². The first-order valence-electron chi connectivity index (χ1n) is 11.5. The summed E-state index contributed by atoms with van der Waals surface area (Å²) in [5, 5.41) is 0. The topological polar surface area (TPSA) is 76.2 Å². The summed E-state index contributed by atoms with van der Waals surface area (Å²) in [7, 11) is 0. The van der Waals surface area contributed by atoms with Crippen molar-refractivity contribution in [2.45, 2.75) is 44.8 Å². The van der Waals surface area contributed by atoms with Gasteiger partial charge in [-0.3, -0.25) is 14.4 Å². The summed E-state index contributed by atoms with van der Waals surface area (Å²) in [6.07, 6.45) is 2.41. The number of benzene rings is 2. The van der Waals surface area contributed by atoms with Gasteiger partial charge in [-0.25, -0.2) is 0 Å². The van der Waals surface area contributed by atoms with Crippen LogP contribution in [0.2, 0.25) is 0 Å². The Labute approximate surface area is 193 Å². The molecule has 0 radical (unpaired) electrons. The molecule has 1 fully saturated rings. The van der Waals surface area contributed by atoms with E-state index in [1.165, 1.54) is 11.1 Å². The lowest BCUT2D eigenvalue weighted by atomic mass is 9.82. The number of amides is 2. The SMILES string of the molecule is CC(=O)N1CCC2(CC1)CC(=O)c1ccc(OCC(=O)N3CCc4ccccc4C3)cc1O2. The Bertz CT molecular complexity index is 1100. The first-order valence-corrected chi connectivity index (χ1v) is 11.5. The molecule has 172 valence electrons. The molecule has 5 rings (SSSR count). The van der Waals surface area contributed by atoms with Crippen molar-refractivity contribution in [3.63, 3.8) is 0 Å². The van der Waals surface area contributed by atoms with Crippen molar-refractivity contribution < 1.29 is 23.9 Å². The van der Waals surface area contributed by atoms with E-state index in [4.69, 9.17) is 9.47 Å². The number of Topliss-reactive ketones (excluding diaryl/α,β-unsaturated/α-hetero) is 1. The number of hydrogen-bond acceptors (Lipinski definition) is 5. The maximum absolute atomic E-state index is 12.8. The highest BCUT2D eigenvalue weighted by molar-refractivity contribution is 6.00. The van der Waals surface area contributed by atoms with Gasteiger partial charge in [0.25, 0.3) is 5.91 Å². The predicted octanol–water partition coefficient (Wildman–Crippen LogP) is 3.00. The van der Waals surface area contributed by atoms with Gasteiger partial charge in [0.15, 0.2) is 12.4 Å². The molecule has 0 bridgehead atoms. The summed E-state index contributed by atoms with van der Waals surface area (Å²) >= 11 is 0. The molecule has 33 heavy (non-hydrogen) atoms. The average molecular weight is 449 g/mol. The molecule has 7 nitrogen and oxygen atoms in total. The van der Waals surface area contributed by atoms with E-state index in [9.17, 15) is 14.4 Å². The molecular formula is C26H28N2O5. The van der Waals surface area contributed by atoms with E-state index in [0.717, 1.165) is 6.42 Å². The van der Waals surface area contributed by atoms with Crippen LogP contribution in [0.3, 0.4) is 0 Å². The first-order chi connectivity index (χ1) is 15.9. The molecule has 0 aliphatic carbocycles. The Balaban J connectivity index is 1.23. The number of nitrogens with zero attached hydrogens (tertiary/aromatic N) is 2. The van der Waals surface area contributed by atoms with Gasteiger partial charge in [-0.1, -0.05) is 24.3 Å². The summed E-state index contributed by atoms with van der Waals surface area (Å²) in [4.78, 5) is 40.8. The molecule has 0 saturated carbocycles. The number of ether oxygens (including phenoxy) is 2. The van der Waals surface area contributed by atoms with Crippen molar-refractivity contribution in [1.29, 1.82) is 0 Å². The largest absolute Gasteiger partial charge is 0.486 e. The van der Waals surface area contributed by atoms with Crippen LogP contribution in [0.1, 0.15) is 47.7 Å². The molecule has 1 spiro atoms. The number of rotatable bonds is 3.